The highest BCUT2D eigenvalue weighted by molar-refractivity contribution is 8.00. The van der Waals surface area contributed by atoms with E-state index >= 15 is 0 Å². The van der Waals surface area contributed by atoms with Crippen molar-refractivity contribution in [2.45, 2.75) is 17.4 Å². The fourth-order valence-electron chi connectivity index (χ4n) is 1.32. The first kappa shape index (κ1) is 14.7. The van der Waals surface area contributed by atoms with Gasteiger partial charge in [-0.2, -0.15) is 0 Å². The summed E-state index contributed by atoms with van der Waals surface area (Å²) in [6, 6.07) is 5.48. The normalized spacial score (nSPS) is 11.9. The van der Waals surface area contributed by atoms with E-state index in [1.165, 1.54) is 47.4 Å². The molecule has 0 unspecified atom stereocenters. The van der Waals surface area contributed by atoms with Crippen LogP contribution in [0.5, 0.6) is 5.75 Å². The molecule has 2 rings (SSSR count). The van der Waals surface area contributed by atoms with Crippen LogP contribution in [-0.2, 0) is 4.79 Å². The first-order valence-electron chi connectivity index (χ1n) is 5.69. The number of anilines is 1. The van der Waals surface area contributed by atoms with Gasteiger partial charge in [0.2, 0.25) is 5.13 Å². The number of nitrogens with zero attached hydrogens (tertiary/aromatic N) is 2. The number of carbonyl (C=O) groups is 1. The molecule has 1 aromatic heterocycles. The van der Waals surface area contributed by atoms with Gasteiger partial charge in [0, 0.05) is 0 Å². The van der Waals surface area contributed by atoms with Crippen LogP contribution in [-0.4, -0.2) is 28.5 Å². The highest BCUT2D eigenvalue weighted by atomic mass is 32.2. The summed E-state index contributed by atoms with van der Waals surface area (Å²) in [6.07, 6.45) is 1.16. The molecule has 0 saturated heterocycles. The van der Waals surface area contributed by atoms with Crippen molar-refractivity contribution in [3.05, 3.63) is 30.1 Å². The molecule has 0 aliphatic rings. The van der Waals surface area contributed by atoms with Crippen molar-refractivity contribution in [3.63, 3.8) is 0 Å². The molecule has 0 spiro atoms. The molecule has 20 heavy (non-hydrogen) atoms. The second-order valence-corrected chi connectivity index (χ2v) is 5.81. The largest absolute Gasteiger partial charge is 0.481 e. The lowest BCUT2D eigenvalue weighted by atomic mass is 10.3. The SMILES string of the molecule is CSc1nnc(NC(=O)[C@@H](C)Oc2ccc(F)cc2)s1. The van der Waals surface area contributed by atoms with Gasteiger partial charge in [-0.05, 0) is 37.4 Å². The van der Waals surface area contributed by atoms with Gasteiger partial charge < -0.3 is 4.74 Å². The second kappa shape index (κ2) is 6.67. The molecule has 2 aromatic rings. The molecule has 1 heterocycles. The van der Waals surface area contributed by atoms with Gasteiger partial charge in [-0.15, -0.1) is 10.2 Å². The van der Waals surface area contributed by atoms with E-state index in [4.69, 9.17) is 4.74 Å². The number of thioether (sulfide) groups is 1. The van der Waals surface area contributed by atoms with E-state index in [-0.39, 0.29) is 11.7 Å². The first-order chi connectivity index (χ1) is 9.58. The van der Waals surface area contributed by atoms with Crippen molar-refractivity contribution >= 4 is 34.1 Å². The predicted octanol–water partition coefficient (Wildman–Crippen LogP) is 2.81. The third-order valence-corrected chi connectivity index (χ3v) is 4.12. The molecule has 0 fully saturated rings. The molecule has 5 nitrogen and oxygen atoms in total. The lowest BCUT2D eigenvalue weighted by Gasteiger charge is -2.13. The van der Waals surface area contributed by atoms with E-state index in [0.717, 1.165) is 4.34 Å². The minimum atomic E-state index is -0.720. The van der Waals surface area contributed by atoms with Crippen LogP contribution in [0.1, 0.15) is 6.92 Å². The number of nitrogens with one attached hydrogen (secondary N) is 1. The predicted molar refractivity (Wildman–Crippen MR) is 76.8 cm³/mol. The quantitative estimate of drug-likeness (QED) is 0.679. The van der Waals surface area contributed by atoms with Gasteiger partial charge >= 0.3 is 0 Å². The maximum atomic E-state index is 12.8. The lowest BCUT2D eigenvalue weighted by molar-refractivity contribution is -0.122. The Morgan fingerprint density at radius 1 is 1.40 bits per heavy atom. The zero-order valence-electron chi connectivity index (χ0n) is 10.8. The number of aromatic nitrogens is 2. The summed E-state index contributed by atoms with van der Waals surface area (Å²) in [7, 11) is 0. The molecular weight excluding hydrogens is 301 g/mol. The summed E-state index contributed by atoms with van der Waals surface area (Å²) >= 11 is 2.75. The number of hydrogen-bond acceptors (Lipinski definition) is 6. The average molecular weight is 313 g/mol. The zero-order valence-corrected chi connectivity index (χ0v) is 12.4. The molecule has 8 heteroatoms. The summed E-state index contributed by atoms with van der Waals surface area (Å²) in [5.41, 5.74) is 0. The maximum absolute atomic E-state index is 12.8. The zero-order chi connectivity index (χ0) is 14.5. The van der Waals surface area contributed by atoms with Crippen LogP contribution in [0, 0.1) is 5.82 Å². The third-order valence-electron chi connectivity index (χ3n) is 2.31. The van der Waals surface area contributed by atoms with Crippen LogP contribution in [0.4, 0.5) is 9.52 Å². The molecule has 1 N–H and O–H groups in total. The minimum absolute atomic E-state index is 0.335. The van der Waals surface area contributed by atoms with Gasteiger partial charge in [-0.25, -0.2) is 4.39 Å². The van der Waals surface area contributed by atoms with Crippen LogP contribution in [0.3, 0.4) is 0 Å². The summed E-state index contributed by atoms with van der Waals surface area (Å²) in [5, 5.41) is 10.8. The molecule has 1 amide bonds. The lowest BCUT2D eigenvalue weighted by Crippen LogP contribution is -2.30. The van der Waals surface area contributed by atoms with E-state index < -0.39 is 6.10 Å². The second-order valence-electron chi connectivity index (χ2n) is 3.78. The fraction of sp³-hybridized carbons (Fsp3) is 0.250. The number of hydrogen-bond donors (Lipinski definition) is 1. The van der Waals surface area contributed by atoms with Gasteiger partial charge in [0.25, 0.3) is 5.91 Å². The Balaban J connectivity index is 1.93. The van der Waals surface area contributed by atoms with E-state index in [1.807, 2.05) is 6.26 Å². The van der Waals surface area contributed by atoms with Crippen molar-refractivity contribution in [1.82, 2.24) is 10.2 Å². The van der Waals surface area contributed by atoms with Gasteiger partial charge in [-0.1, -0.05) is 23.1 Å². The molecule has 1 atom stereocenters. The first-order valence-corrected chi connectivity index (χ1v) is 7.73. The van der Waals surface area contributed by atoms with E-state index in [9.17, 15) is 9.18 Å². The Morgan fingerprint density at radius 2 is 2.10 bits per heavy atom. The topological polar surface area (TPSA) is 64.1 Å². The average Bonchev–Trinajstić information content (AvgIpc) is 2.89. The van der Waals surface area contributed by atoms with Crippen LogP contribution < -0.4 is 10.1 Å². The van der Waals surface area contributed by atoms with Crippen LogP contribution in [0.15, 0.2) is 28.6 Å². The van der Waals surface area contributed by atoms with Crippen LogP contribution in [0.25, 0.3) is 0 Å². The molecule has 0 saturated carbocycles. The Kier molecular flexibility index (Phi) is 4.91. The van der Waals surface area contributed by atoms with Crippen molar-refractivity contribution in [2.24, 2.45) is 0 Å². The van der Waals surface area contributed by atoms with Gasteiger partial charge in [0.05, 0.1) is 0 Å². The number of halogens is 1. The third kappa shape index (κ3) is 3.91. The fourth-order valence-corrected chi connectivity index (χ4v) is 2.49. The van der Waals surface area contributed by atoms with Crippen LogP contribution in [0.2, 0.25) is 0 Å². The van der Waals surface area contributed by atoms with Gasteiger partial charge in [0.1, 0.15) is 11.6 Å². The summed E-state index contributed by atoms with van der Waals surface area (Å²) in [5.74, 6) is -0.262. The number of amides is 1. The van der Waals surface area contributed by atoms with Gasteiger partial charge in [-0.3, -0.25) is 10.1 Å². The number of carbonyl (C=O) groups excluding carboxylic acids is 1. The highest BCUT2D eigenvalue weighted by Crippen LogP contribution is 2.23. The molecule has 0 radical (unpaired) electrons. The Hall–Kier alpha value is -1.67. The van der Waals surface area contributed by atoms with Crippen molar-refractivity contribution in [2.75, 3.05) is 11.6 Å². The minimum Gasteiger partial charge on any atom is -0.481 e. The summed E-state index contributed by atoms with van der Waals surface area (Å²) < 4.78 is 18.9. The highest BCUT2D eigenvalue weighted by Gasteiger charge is 2.16. The summed E-state index contributed by atoms with van der Waals surface area (Å²) in [6.45, 7) is 1.61. The number of rotatable bonds is 5. The van der Waals surface area contributed by atoms with E-state index in [2.05, 4.69) is 15.5 Å². The molecule has 0 aliphatic carbocycles. The molecular formula is C12H12FN3O2S2. The van der Waals surface area contributed by atoms with E-state index in [1.54, 1.807) is 6.92 Å². The Bertz CT molecular complexity index is 589. The van der Waals surface area contributed by atoms with Crippen LogP contribution >= 0.6 is 23.1 Å². The smallest absolute Gasteiger partial charge is 0.266 e. The molecule has 0 bridgehead atoms. The van der Waals surface area contributed by atoms with Crippen molar-refractivity contribution < 1.29 is 13.9 Å². The molecule has 0 aliphatic heterocycles. The summed E-state index contributed by atoms with van der Waals surface area (Å²) in [4.78, 5) is 11.9. The van der Waals surface area contributed by atoms with Crippen molar-refractivity contribution in [1.29, 1.82) is 0 Å². The maximum Gasteiger partial charge on any atom is 0.266 e. The van der Waals surface area contributed by atoms with Crippen molar-refractivity contribution in [3.8, 4) is 5.75 Å². The number of benzene rings is 1. The monoisotopic (exact) mass is 313 g/mol. The van der Waals surface area contributed by atoms with E-state index in [0.29, 0.717) is 10.9 Å². The van der Waals surface area contributed by atoms with Gasteiger partial charge in [0.15, 0.2) is 10.4 Å². The Morgan fingerprint density at radius 3 is 2.70 bits per heavy atom. The molecule has 1 aromatic carbocycles. The number of ether oxygens (including phenoxy) is 1. The standard InChI is InChI=1S/C12H12FN3O2S2/c1-7(18-9-5-3-8(13)4-6-9)10(17)14-11-15-16-12(19-2)20-11/h3-7H,1-2H3,(H,14,15,17)/t7-/m1/s1. The molecule has 106 valence electrons. The Labute approximate surface area is 123 Å².